The number of phenols is 4. The summed E-state index contributed by atoms with van der Waals surface area (Å²) < 4.78 is 0. The summed E-state index contributed by atoms with van der Waals surface area (Å²) in [5.41, 5.74) is 5.46. The molecule has 0 atom stereocenters. The smallest absolute Gasteiger partial charge is 0.251 e. The molecule has 0 saturated carbocycles. The number of benzene rings is 8. The summed E-state index contributed by atoms with van der Waals surface area (Å²) in [7, 11) is 0. The molecule has 0 saturated heterocycles. The third-order valence-corrected chi connectivity index (χ3v) is 11.3. The quantitative estimate of drug-likeness (QED) is 0.132. The average molecular weight is 787 g/mol. The number of phenolic OH excluding ortho intramolecular Hbond substituents is 4. The molecule has 8 nitrogen and oxygen atoms in total. The number of aromatic hydroxyl groups is 4. The molecule has 2 aliphatic heterocycles. The van der Waals surface area contributed by atoms with Crippen molar-refractivity contribution in [1.82, 2.24) is 0 Å². The molecule has 8 heteroatoms. The van der Waals surface area contributed by atoms with Gasteiger partial charge in [0.25, 0.3) is 5.91 Å². The van der Waals surface area contributed by atoms with Crippen molar-refractivity contribution in [3.63, 3.8) is 0 Å². The van der Waals surface area contributed by atoms with Gasteiger partial charge in [0.2, 0.25) is 0 Å². The van der Waals surface area contributed by atoms with Crippen LogP contribution in [0.3, 0.4) is 0 Å². The molecule has 0 bridgehead atoms. The first-order chi connectivity index (χ1) is 29.2. The van der Waals surface area contributed by atoms with E-state index in [1.807, 2.05) is 114 Å². The van der Waals surface area contributed by atoms with Gasteiger partial charge >= 0.3 is 0 Å². The van der Waals surface area contributed by atoms with Gasteiger partial charge in [0, 0.05) is 22.5 Å². The molecule has 2 aliphatic rings. The van der Waals surface area contributed by atoms with E-state index in [-0.39, 0.29) is 34.7 Å². The molecule has 292 valence electrons. The second-order valence-corrected chi connectivity index (χ2v) is 14.7. The summed E-state index contributed by atoms with van der Waals surface area (Å²) in [6, 6.07) is 61.7. The van der Waals surface area contributed by atoms with E-state index >= 15 is 0 Å². The Morgan fingerprint density at radius 1 is 0.367 bits per heavy atom. The molecule has 8 aromatic rings. The van der Waals surface area contributed by atoms with Crippen LogP contribution in [0, 0.1) is 0 Å². The fourth-order valence-electron chi connectivity index (χ4n) is 8.70. The number of nitrogens with zero attached hydrogens (tertiary/aromatic N) is 2. The number of para-hydroxylation sites is 4. The number of rotatable bonds is 6. The van der Waals surface area contributed by atoms with Crippen molar-refractivity contribution < 1.29 is 30.0 Å². The molecule has 2 heterocycles. The molecule has 1 amide bonds. The van der Waals surface area contributed by atoms with Gasteiger partial charge in [-0.2, -0.15) is 0 Å². The lowest BCUT2D eigenvalue weighted by Crippen LogP contribution is -2.46. The number of amides is 1. The normalized spacial score (nSPS) is 14.5. The molecule has 4 N–H and O–H groups in total. The van der Waals surface area contributed by atoms with Gasteiger partial charge in [-0.3, -0.25) is 14.5 Å². The zero-order chi connectivity index (χ0) is 41.4. The number of Topliss-reactive ketones (excluding diaryl/α,β-unsaturated/α-hetero) is 1. The van der Waals surface area contributed by atoms with Gasteiger partial charge < -0.3 is 25.3 Å². The minimum Gasteiger partial charge on any atom is -0.508 e. The van der Waals surface area contributed by atoms with Crippen molar-refractivity contribution in [1.29, 1.82) is 0 Å². The molecule has 0 aliphatic carbocycles. The predicted octanol–water partition coefficient (Wildman–Crippen LogP) is 10.5. The van der Waals surface area contributed by atoms with Crippen LogP contribution in [-0.2, 0) is 15.7 Å². The maximum atomic E-state index is 14.3. The fraction of sp³-hybridized carbons (Fsp3) is 0.0385. The van der Waals surface area contributed by atoms with E-state index in [1.165, 1.54) is 0 Å². The second-order valence-electron chi connectivity index (χ2n) is 14.7. The Hall–Kier alpha value is -8.10. The highest BCUT2D eigenvalue weighted by molar-refractivity contribution is 6.18. The van der Waals surface area contributed by atoms with Gasteiger partial charge in [0.05, 0.1) is 11.4 Å². The monoisotopic (exact) mass is 786 g/mol. The molecule has 0 unspecified atom stereocenters. The number of carbonyl (C=O) groups excluding carboxylic acids is 2. The van der Waals surface area contributed by atoms with E-state index in [1.54, 1.807) is 102 Å². The summed E-state index contributed by atoms with van der Waals surface area (Å²) in [6.45, 7) is 0. The van der Waals surface area contributed by atoms with E-state index in [0.29, 0.717) is 5.56 Å². The molecular formula is C52H38N2O6. The third-order valence-electron chi connectivity index (χ3n) is 11.3. The standard InChI is InChI=1S/2C26H19NO3/c28-21-14-10-18(11-15-21)26(19-12-16-22(29)17-13-19)23-8-4-5-9-24(23)27(25(26)30)20-6-2-1-3-7-20;28-21-14-10-18(11-15-21)26(19-12-16-22(29)17-13-19)25(30)23-8-4-5-9-24(23)27(26)20-6-2-1-3-7-20/h2*1-17,28-29H. The van der Waals surface area contributed by atoms with Crippen molar-refractivity contribution in [2.45, 2.75) is 11.0 Å². The third kappa shape index (κ3) is 5.93. The zero-order valence-electron chi connectivity index (χ0n) is 32.1. The Kier molecular flexibility index (Phi) is 9.37. The van der Waals surface area contributed by atoms with Crippen molar-refractivity contribution in [2.75, 3.05) is 9.80 Å². The van der Waals surface area contributed by atoms with E-state index in [9.17, 15) is 30.0 Å². The molecule has 0 spiro atoms. The molecule has 0 radical (unpaired) electrons. The first-order valence-corrected chi connectivity index (χ1v) is 19.4. The van der Waals surface area contributed by atoms with Crippen LogP contribution in [0.5, 0.6) is 23.0 Å². The predicted molar refractivity (Wildman–Crippen MR) is 232 cm³/mol. The van der Waals surface area contributed by atoms with Gasteiger partial charge in [0.15, 0.2) is 11.3 Å². The lowest BCUT2D eigenvalue weighted by molar-refractivity contribution is -0.120. The minimum atomic E-state index is -1.17. The van der Waals surface area contributed by atoms with Crippen LogP contribution in [0.25, 0.3) is 0 Å². The number of hydrogen-bond acceptors (Lipinski definition) is 7. The van der Waals surface area contributed by atoms with Crippen molar-refractivity contribution in [3.8, 4) is 23.0 Å². The van der Waals surface area contributed by atoms with E-state index < -0.39 is 11.0 Å². The van der Waals surface area contributed by atoms with Crippen LogP contribution in [0.15, 0.2) is 206 Å². The van der Waals surface area contributed by atoms with Gasteiger partial charge in [0.1, 0.15) is 28.4 Å². The highest BCUT2D eigenvalue weighted by atomic mass is 16.3. The Morgan fingerprint density at radius 2 is 0.750 bits per heavy atom. The Bertz CT molecular complexity index is 2740. The van der Waals surface area contributed by atoms with E-state index in [2.05, 4.69) is 0 Å². The van der Waals surface area contributed by atoms with Crippen molar-refractivity contribution in [3.05, 3.63) is 240 Å². The van der Waals surface area contributed by atoms with Crippen LogP contribution in [0.2, 0.25) is 0 Å². The topological polar surface area (TPSA) is 122 Å². The van der Waals surface area contributed by atoms with Gasteiger partial charge in [-0.25, -0.2) is 0 Å². The summed E-state index contributed by atoms with van der Waals surface area (Å²) >= 11 is 0. The largest absolute Gasteiger partial charge is 0.508 e. The minimum absolute atomic E-state index is 0.0571. The molecule has 10 rings (SSSR count). The van der Waals surface area contributed by atoms with Crippen molar-refractivity contribution in [2.24, 2.45) is 0 Å². The molecule has 0 aromatic heterocycles. The Balaban J connectivity index is 0.000000154. The first kappa shape index (κ1) is 37.5. The van der Waals surface area contributed by atoms with Gasteiger partial charge in [-0.15, -0.1) is 0 Å². The average Bonchev–Trinajstić information content (AvgIpc) is 3.71. The molecule has 0 fully saturated rings. The number of anilines is 4. The summed E-state index contributed by atoms with van der Waals surface area (Å²) in [5.74, 6) is 0.378. The number of carbonyl (C=O) groups is 2. The summed E-state index contributed by atoms with van der Waals surface area (Å²) in [4.78, 5) is 32.2. The van der Waals surface area contributed by atoms with Crippen LogP contribution in [0.1, 0.15) is 38.2 Å². The van der Waals surface area contributed by atoms with Crippen LogP contribution >= 0.6 is 0 Å². The maximum absolute atomic E-state index is 14.3. The highest BCUT2D eigenvalue weighted by Crippen LogP contribution is 2.54. The lowest BCUT2D eigenvalue weighted by Gasteiger charge is -2.40. The number of hydrogen-bond donors (Lipinski definition) is 4. The van der Waals surface area contributed by atoms with Crippen LogP contribution in [-0.4, -0.2) is 32.1 Å². The van der Waals surface area contributed by atoms with E-state index in [0.717, 1.165) is 50.6 Å². The van der Waals surface area contributed by atoms with Crippen LogP contribution in [0.4, 0.5) is 22.7 Å². The first-order valence-electron chi connectivity index (χ1n) is 19.4. The lowest BCUT2D eigenvalue weighted by atomic mass is 9.70. The van der Waals surface area contributed by atoms with Crippen LogP contribution < -0.4 is 9.80 Å². The molecule has 8 aromatic carbocycles. The Labute approximate surface area is 346 Å². The zero-order valence-corrected chi connectivity index (χ0v) is 32.1. The SMILES string of the molecule is O=C1N(c2ccccc2)c2ccccc2C1(c1ccc(O)cc1)c1ccc(O)cc1.O=C1c2ccccc2N(c2ccccc2)C1(c1ccc(O)cc1)c1ccc(O)cc1. The number of fused-ring (bicyclic) bond motifs is 2. The number of ketones is 1. The Morgan fingerprint density at radius 3 is 1.23 bits per heavy atom. The summed E-state index contributed by atoms with van der Waals surface area (Å²) in [5, 5.41) is 39.5. The van der Waals surface area contributed by atoms with Gasteiger partial charge in [-0.1, -0.05) is 115 Å². The maximum Gasteiger partial charge on any atom is 0.251 e. The fourth-order valence-corrected chi connectivity index (χ4v) is 8.70. The van der Waals surface area contributed by atoms with E-state index in [4.69, 9.17) is 0 Å². The highest BCUT2D eigenvalue weighted by Gasteiger charge is 2.55. The van der Waals surface area contributed by atoms with Gasteiger partial charge in [-0.05, 0) is 113 Å². The molecular weight excluding hydrogens is 749 g/mol. The molecule has 60 heavy (non-hydrogen) atoms. The summed E-state index contributed by atoms with van der Waals surface area (Å²) in [6.07, 6.45) is 0. The second kappa shape index (κ2) is 15.0. The van der Waals surface area contributed by atoms with Crippen molar-refractivity contribution >= 4 is 34.4 Å².